The maximum absolute atomic E-state index is 10.9. The summed E-state index contributed by atoms with van der Waals surface area (Å²) in [6.07, 6.45) is -0.421. The number of para-hydroxylation sites is 1. The predicted molar refractivity (Wildman–Crippen MR) is 73.6 cm³/mol. The Balaban J connectivity index is 2.07. The fourth-order valence-electron chi connectivity index (χ4n) is 1.85. The first-order chi connectivity index (χ1) is 9.56. The van der Waals surface area contributed by atoms with Crippen molar-refractivity contribution in [2.45, 2.75) is 6.42 Å². The maximum atomic E-state index is 10.9. The van der Waals surface area contributed by atoms with Crippen LogP contribution in [0.2, 0.25) is 0 Å². The van der Waals surface area contributed by atoms with Crippen LogP contribution < -0.4 is 5.32 Å². The summed E-state index contributed by atoms with van der Waals surface area (Å²) in [7, 11) is 0. The molecule has 0 saturated carbocycles. The maximum Gasteiger partial charge on any atom is 0.308 e. The summed E-state index contributed by atoms with van der Waals surface area (Å²) in [6.45, 7) is 0.0208. The molecule has 0 radical (unpaired) electrons. The summed E-state index contributed by atoms with van der Waals surface area (Å²) in [5.74, 6) is -2.73. The molecule has 0 aliphatic carbocycles. The van der Waals surface area contributed by atoms with E-state index in [4.69, 9.17) is 10.2 Å². The lowest BCUT2D eigenvalue weighted by atomic mass is 10.1. The molecule has 1 aromatic carbocycles. The van der Waals surface area contributed by atoms with Crippen molar-refractivity contribution in [2.75, 3.05) is 11.9 Å². The van der Waals surface area contributed by atoms with Gasteiger partial charge in [-0.2, -0.15) is 0 Å². The molecule has 104 valence electrons. The molecule has 0 spiro atoms. The Morgan fingerprint density at radius 1 is 1.15 bits per heavy atom. The molecular weight excluding hydrogens is 260 g/mol. The molecule has 1 heterocycles. The van der Waals surface area contributed by atoms with Gasteiger partial charge >= 0.3 is 11.9 Å². The number of carbonyl (C=O) groups is 2. The number of pyridine rings is 1. The molecular formula is C14H14N2O4. The molecule has 0 bridgehead atoms. The van der Waals surface area contributed by atoms with Crippen LogP contribution in [0.4, 0.5) is 5.82 Å². The minimum absolute atomic E-state index is 0.0208. The summed E-state index contributed by atoms with van der Waals surface area (Å²) in [5, 5.41) is 21.5. The Bertz CT molecular complexity index is 642. The highest BCUT2D eigenvalue weighted by molar-refractivity contribution is 5.80. The zero-order chi connectivity index (χ0) is 14.5. The Morgan fingerprint density at radius 2 is 1.90 bits per heavy atom. The van der Waals surface area contributed by atoms with Crippen molar-refractivity contribution in [3.8, 4) is 0 Å². The van der Waals surface area contributed by atoms with E-state index in [1.165, 1.54) is 0 Å². The Labute approximate surface area is 115 Å². The van der Waals surface area contributed by atoms with Crippen LogP contribution in [-0.4, -0.2) is 33.7 Å². The lowest BCUT2D eigenvalue weighted by Crippen LogP contribution is -2.25. The molecule has 1 unspecified atom stereocenters. The molecule has 20 heavy (non-hydrogen) atoms. The Hall–Kier alpha value is -2.63. The molecule has 1 aromatic heterocycles. The quantitative estimate of drug-likeness (QED) is 0.743. The van der Waals surface area contributed by atoms with Gasteiger partial charge in [0.05, 0.1) is 17.9 Å². The van der Waals surface area contributed by atoms with Crippen LogP contribution in [0, 0.1) is 5.92 Å². The molecule has 2 rings (SSSR count). The number of carboxylic acids is 2. The fourth-order valence-corrected chi connectivity index (χ4v) is 1.85. The summed E-state index contributed by atoms with van der Waals surface area (Å²) < 4.78 is 0. The monoisotopic (exact) mass is 274 g/mol. The van der Waals surface area contributed by atoms with Crippen molar-refractivity contribution in [1.29, 1.82) is 0 Å². The minimum atomic E-state index is -1.14. The van der Waals surface area contributed by atoms with Gasteiger partial charge in [0.25, 0.3) is 0 Å². The first-order valence-electron chi connectivity index (χ1n) is 6.10. The number of carboxylic acid groups (broad SMARTS) is 2. The lowest BCUT2D eigenvalue weighted by molar-refractivity contribution is -0.147. The Kier molecular flexibility index (Phi) is 4.14. The largest absolute Gasteiger partial charge is 0.481 e. The number of fused-ring (bicyclic) bond motifs is 1. The topological polar surface area (TPSA) is 99.5 Å². The number of hydrogen-bond donors (Lipinski definition) is 3. The third kappa shape index (κ3) is 3.44. The smallest absolute Gasteiger partial charge is 0.308 e. The normalized spacial score (nSPS) is 12.0. The van der Waals surface area contributed by atoms with E-state index in [2.05, 4.69) is 10.3 Å². The molecule has 0 amide bonds. The van der Waals surface area contributed by atoms with E-state index in [0.717, 1.165) is 10.9 Å². The number of nitrogens with zero attached hydrogens (tertiary/aromatic N) is 1. The molecule has 0 aliphatic heterocycles. The van der Waals surface area contributed by atoms with Gasteiger partial charge in [0, 0.05) is 11.9 Å². The van der Waals surface area contributed by atoms with Gasteiger partial charge in [0.1, 0.15) is 5.82 Å². The van der Waals surface area contributed by atoms with Crippen LogP contribution in [0.5, 0.6) is 0 Å². The van der Waals surface area contributed by atoms with E-state index in [9.17, 15) is 9.59 Å². The number of anilines is 1. The van der Waals surface area contributed by atoms with Gasteiger partial charge in [-0.05, 0) is 18.2 Å². The highest BCUT2D eigenvalue weighted by atomic mass is 16.4. The first-order valence-corrected chi connectivity index (χ1v) is 6.10. The number of aliphatic carboxylic acids is 2. The average Bonchev–Trinajstić information content (AvgIpc) is 2.42. The molecule has 6 heteroatoms. The molecule has 3 N–H and O–H groups in total. The van der Waals surface area contributed by atoms with E-state index in [1.54, 1.807) is 6.07 Å². The van der Waals surface area contributed by atoms with Gasteiger partial charge in [-0.3, -0.25) is 9.59 Å². The number of hydrogen-bond acceptors (Lipinski definition) is 4. The molecule has 0 fully saturated rings. The fraction of sp³-hybridized carbons (Fsp3) is 0.214. The summed E-state index contributed by atoms with van der Waals surface area (Å²) >= 11 is 0. The second-order valence-electron chi connectivity index (χ2n) is 4.40. The molecule has 1 atom stereocenters. The highest BCUT2D eigenvalue weighted by Gasteiger charge is 2.20. The number of benzene rings is 1. The minimum Gasteiger partial charge on any atom is -0.481 e. The van der Waals surface area contributed by atoms with E-state index in [1.807, 2.05) is 30.3 Å². The van der Waals surface area contributed by atoms with Gasteiger partial charge in [0.15, 0.2) is 0 Å². The molecule has 6 nitrogen and oxygen atoms in total. The van der Waals surface area contributed by atoms with Crippen molar-refractivity contribution in [2.24, 2.45) is 5.92 Å². The number of nitrogens with one attached hydrogen (secondary N) is 1. The van der Waals surface area contributed by atoms with Gasteiger partial charge < -0.3 is 15.5 Å². The van der Waals surface area contributed by atoms with Crippen molar-refractivity contribution in [3.05, 3.63) is 36.4 Å². The van der Waals surface area contributed by atoms with E-state index >= 15 is 0 Å². The van der Waals surface area contributed by atoms with Crippen LogP contribution in [0.1, 0.15) is 6.42 Å². The van der Waals surface area contributed by atoms with Gasteiger partial charge in [-0.25, -0.2) is 4.98 Å². The summed E-state index contributed by atoms with van der Waals surface area (Å²) in [5.41, 5.74) is 0.794. The van der Waals surface area contributed by atoms with Crippen LogP contribution in [0.3, 0.4) is 0 Å². The van der Waals surface area contributed by atoms with Crippen LogP contribution >= 0.6 is 0 Å². The number of rotatable bonds is 6. The predicted octanol–water partition coefficient (Wildman–Crippen LogP) is 1.82. The highest BCUT2D eigenvalue weighted by Crippen LogP contribution is 2.15. The standard InChI is InChI=1S/C14H14N2O4/c17-13(18)7-10(14(19)20)8-15-12-6-5-9-3-1-2-4-11(9)16-12/h1-6,10H,7-8H2,(H,15,16)(H,17,18)(H,19,20). The van der Waals surface area contributed by atoms with Crippen molar-refractivity contribution >= 4 is 28.7 Å². The van der Waals surface area contributed by atoms with Gasteiger partial charge in [0.2, 0.25) is 0 Å². The van der Waals surface area contributed by atoms with E-state index in [-0.39, 0.29) is 6.54 Å². The third-order valence-corrected chi connectivity index (χ3v) is 2.90. The van der Waals surface area contributed by atoms with Gasteiger partial charge in [-0.15, -0.1) is 0 Å². The second kappa shape index (κ2) is 6.01. The van der Waals surface area contributed by atoms with Gasteiger partial charge in [-0.1, -0.05) is 18.2 Å². The Morgan fingerprint density at radius 3 is 2.60 bits per heavy atom. The molecule has 0 saturated heterocycles. The van der Waals surface area contributed by atoms with Crippen molar-refractivity contribution < 1.29 is 19.8 Å². The van der Waals surface area contributed by atoms with Crippen molar-refractivity contribution in [1.82, 2.24) is 4.98 Å². The average molecular weight is 274 g/mol. The van der Waals surface area contributed by atoms with E-state index in [0.29, 0.717) is 5.82 Å². The first kappa shape index (κ1) is 13.8. The van der Waals surface area contributed by atoms with Crippen LogP contribution in [-0.2, 0) is 9.59 Å². The SMILES string of the molecule is O=C(O)CC(CNc1ccc2ccccc2n1)C(=O)O. The van der Waals surface area contributed by atoms with Crippen molar-refractivity contribution in [3.63, 3.8) is 0 Å². The number of aromatic nitrogens is 1. The molecule has 0 aliphatic rings. The second-order valence-corrected chi connectivity index (χ2v) is 4.40. The third-order valence-electron chi connectivity index (χ3n) is 2.90. The molecule has 2 aromatic rings. The summed E-state index contributed by atoms with van der Waals surface area (Å²) in [4.78, 5) is 25.9. The lowest BCUT2D eigenvalue weighted by Gasteiger charge is -2.12. The van der Waals surface area contributed by atoms with Crippen LogP contribution in [0.25, 0.3) is 10.9 Å². The van der Waals surface area contributed by atoms with Crippen LogP contribution in [0.15, 0.2) is 36.4 Å². The summed E-state index contributed by atoms with van der Waals surface area (Å²) in [6, 6.07) is 11.2. The zero-order valence-electron chi connectivity index (χ0n) is 10.6. The van der Waals surface area contributed by atoms with E-state index < -0.39 is 24.3 Å². The zero-order valence-corrected chi connectivity index (χ0v) is 10.6.